The smallest absolute Gasteiger partial charge is 0.249 e. The van der Waals surface area contributed by atoms with Gasteiger partial charge in [-0.15, -0.1) is 21.8 Å². The molecule has 1 aromatic carbocycles. The highest BCUT2D eigenvalue weighted by Gasteiger charge is 2.19. The lowest BCUT2D eigenvalue weighted by Crippen LogP contribution is -1.93. The number of nitrogens with zero attached hydrogens (tertiary/aromatic N) is 4. The molecular weight excluding hydrogens is 288 g/mol. The third-order valence-corrected chi connectivity index (χ3v) is 3.52. The summed E-state index contributed by atoms with van der Waals surface area (Å²) in [6.45, 7) is 3.71. The largest absolute Gasteiger partial charge is 0.419 e. The maximum absolute atomic E-state index is 6.38. The van der Waals surface area contributed by atoms with E-state index in [0.717, 1.165) is 22.5 Å². The predicted molar refractivity (Wildman–Crippen MR) is 78.9 cm³/mol. The molecule has 1 atom stereocenters. The van der Waals surface area contributed by atoms with Crippen molar-refractivity contribution < 1.29 is 4.42 Å². The lowest BCUT2D eigenvalue weighted by molar-refractivity contribution is 0.512. The van der Waals surface area contributed by atoms with Crippen LogP contribution in [-0.4, -0.2) is 20.4 Å². The van der Waals surface area contributed by atoms with Gasteiger partial charge in [0, 0.05) is 0 Å². The molecule has 1 unspecified atom stereocenters. The van der Waals surface area contributed by atoms with Crippen molar-refractivity contribution in [2.45, 2.75) is 19.2 Å². The van der Waals surface area contributed by atoms with E-state index in [1.807, 2.05) is 50.2 Å². The number of aromatic nitrogens is 4. The minimum atomic E-state index is -0.469. The summed E-state index contributed by atoms with van der Waals surface area (Å²) in [5.74, 6) is 0.772. The van der Waals surface area contributed by atoms with Crippen LogP contribution in [0.2, 0.25) is 0 Å². The Kier molecular flexibility index (Phi) is 3.66. The molecular formula is C15H13ClN4O. The van der Waals surface area contributed by atoms with Crippen LogP contribution in [0, 0.1) is 13.8 Å². The fourth-order valence-corrected chi connectivity index (χ4v) is 2.21. The van der Waals surface area contributed by atoms with Gasteiger partial charge in [-0.3, -0.25) is 0 Å². The van der Waals surface area contributed by atoms with Crippen LogP contribution in [0.5, 0.6) is 0 Å². The number of aryl methyl sites for hydroxylation is 2. The molecule has 0 aliphatic heterocycles. The summed E-state index contributed by atoms with van der Waals surface area (Å²) in [4.78, 5) is 0. The highest BCUT2D eigenvalue weighted by molar-refractivity contribution is 6.22. The molecule has 0 saturated carbocycles. The van der Waals surface area contributed by atoms with Gasteiger partial charge in [0.1, 0.15) is 5.38 Å². The van der Waals surface area contributed by atoms with Crippen LogP contribution in [0.1, 0.15) is 28.2 Å². The second-order valence-electron chi connectivity index (χ2n) is 4.70. The molecule has 0 amide bonds. The van der Waals surface area contributed by atoms with Crippen molar-refractivity contribution in [1.29, 1.82) is 0 Å². The van der Waals surface area contributed by atoms with Crippen LogP contribution in [-0.2, 0) is 0 Å². The first-order valence-corrected chi connectivity index (χ1v) is 6.92. The van der Waals surface area contributed by atoms with E-state index >= 15 is 0 Å². The highest BCUT2D eigenvalue weighted by atomic mass is 35.5. The lowest BCUT2D eigenvalue weighted by atomic mass is 10.1. The van der Waals surface area contributed by atoms with Crippen LogP contribution >= 0.6 is 11.6 Å². The first kappa shape index (κ1) is 13.7. The number of halogens is 1. The van der Waals surface area contributed by atoms with Crippen molar-refractivity contribution in [3.05, 3.63) is 59.2 Å². The molecule has 0 aliphatic carbocycles. The molecule has 0 N–H and O–H groups in total. The van der Waals surface area contributed by atoms with E-state index in [-0.39, 0.29) is 0 Å². The van der Waals surface area contributed by atoms with Crippen molar-refractivity contribution in [1.82, 2.24) is 20.4 Å². The number of hydrogen-bond donors (Lipinski definition) is 0. The van der Waals surface area contributed by atoms with Gasteiger partial charge in [-0.2, -0.15) is 10.2 Å². The Hall–Kier alpha value is -2.27. The first-order chi connectivity index (χ1) is 10.1. The van der Waals surface area contributed by atoms with E-state index in [0.29, 0.717) is 11.8 Å². The standard InChI is InChI=1S/C15H13ClN4O/c1-9-8-12(10(2)18-17-9)14-19-20-15(21-14)13(16)11-6-4-3-5-7-11/h3-8,13H,1-2H3. The van der Waals surface area contributed by atoms with Gasteiger partial charge in [0.25, 0.3) is 0 Å². The second-order valence-corrected chi connectivity index (χ2v) is 5.14. The third-order valence-electron chi connectivity index (χ3n) is 3.08. The zero-order valence-corrected chi connectivity index (χ0v) is 12.4. The number of rotatable bonds is 3. The Balaban J connectivity index is 1.95. The van der Waals surface area contributed by atoms with E-state index in [1.165, 1.54) is 0 Å². The SMILES string of the molecule is Cc1cc(-c2nnc(C(Cl)c3ccccc3)o2)c(C)nn1. The number of alkyl halides is 1. The zero-order chi connectivity index (χ0) is 14.8. The van der Waals surface area contributed by atoms with Crippen LogP contribution in [0.25, 0.3) is 11.5 Å². The van der Waals surface area contributed by atoms with Crippen LogP contribution < -0.4 is 0 Å². The fourth-order valence-electron chi connectivity index (χ4n) is 1.98. The molecule has 0 fully saturated rings. The molecule has 2 aromatic heterocycles. The monoisotopic (exact) mass is 300 g/mol. The Labute approximate surface area is 127 Å². The zero-order valence-electron chi connectivity index (χ0n) is 11.6. The molecule has 0 aliphatic rings. The highest BCUT2D eigenvalue weighted by Crippen LogP contribution is 2.30. The molecule has 0 spiro atoms. The average Bonchev–Trinajstić information content (AvgIpc) is 2.99. The molecule has 3 aromatic rings. The molecule has 6 heteroatoms. The molecule has 5 nitrogen and oxygen atoms in total. The van der Waals surface area contributed by atoms with Crippen molar-refractivity contribution >= 4 is 11.6 Å². The molecule has 106 valence electrons. The summed E-state index contributed by atoms with van der Waals surface area (Å²) in [5.41, 5.74) is 3.22. The van der Waals surface area contributed by atoms with Crippen molar-refractivity contribution in [2.75, 3.05) is 0 Å². The maximum atomic E-state index is 6.38. The molecule has 21 heavy (non-hydrogen) atoms. The first-order valence-electron chi connectivity index (χ1n) is 6.49. The Morgan fingerprint density at radius 2 is 1.76 bits per heavy atom. The van der Waals surface area contributed by atoms with E-state index in [9.17, 15) is 0 Å². The second kappa shape index (κ2) is 5.61. The molecule has 2 heterocycles. The van der Waals surface area contributed by atoms with E-state index in [4.69, 9.17) is 16.0 Å². The third kappa shape index (κ3) is 2.78. The van der Waals surface area contributed by atoms with Gasteiger partial charge in [-0.25, -0.2) is 0 Å². The van der Waals surface area contributed by atoms with E-state index in [2.05, 4.69) is 20.4 Å². The average molecular weight is 301 g/mol. The lowest BCUT2D eigenvalue weighted by Gasteiger charge is -2.04. The van der Waals surface area contributed by atoms with Crippen LogP contribution in [0.15, 0.2) is 40.8 Å². The molecule has 0 bridgehead atoms. The Morgan fingerprint density at radius 1 is 1.00 bits per heavy atom. The van der Waals surface area contributed by atoms with Gasteiger partial charge in [0.05, 0.1) is 17.0 Å². The van der Waals surface area contributed by atoms with Gasteiger partial charge < -0.3 is 4.42 Å². The van der Waals surface area contributed by atoms with E-state index < -0.39 is 5.38 Å². The quantitative estimate of drug-likeness (QED) is 0.693. The van der Waals surface area contributed by atoms with Gasteiger partial charge in [0.2, 0.25) is 11.8 Å². The number of benzene rings is 1. The minimum Gasteiger partial charge on any atom is -0.419 e. The summed E-state index contributed by atoms with van der Waals surface area (Å²) >= 11 is 6.38. The van der Waals surface area contributed by atoms with Crippen molar-refractivity contribution in [2.24, 2.45) is 0 Å². The normalized spacial score (nSPS) is 12.3. The summed E-state index contributed by atoms with van der Waals surface area (Å²) in [5, 5.41) is 15.7. The van der Waals surface area contributed by atoms with Gasteiger partial charge in [-0.05, 0) is 25.5 Å². The summed E-state index contributed by atoms with van der Waals surface area (Å²) < 4.78 is 5.70. The Bertz CT molecular complexity index is 757. The topological polar surface area (TPSA) is 64.7 Å². The summed E-state index contributed by atoms with van der Waals surface area (Å²) in [7, 11) is 0. The molecule has 0 saturated heterocycles. The molecule has 3 rings (SSSR count). The summed E-state index contributed by atoms with van der Waals surface area (Å²) in [6.07, 6.45) is 0. The van der Waals surface area contributed by atoms with Crippen molar-refractivity contribution in [3.8, 4) is 11.5 Å². The molecule has 0 radical (unpaired) electrons. The Morgan fingerprint density at radius 3 is 2.52 bits per heavy atom. The van der Waals surface area contributed by atoms with Gasteiger partial charge >= 0.3 is 0 Å². The van der Waals surface area contributed by atoms with Gasteiger partial charge in [0.15, 0.2) is 0 Å². The predicted octanol–water partition coefficient (Wildman–Crippen LogP) is 3.47. The summed E-state index contributed by atoms with van der Waals surface area (Å²) in [6, 6.07) is 11.5. The van der Waals surface area contributed by atoms with Crippen molar-refractivity contribution in [3.63, 3.8) is 0 Å². The minimum absolute atomic E-state index is 0.367. The maximum Gasteiger partial charge on any atom is 0.249 e. The number of hydrogen-bond acceptors (Lipinski definition) is 5. The van der Waals surface area contributed by atoms with Crippen LogP contribution in [0.4, 0.5) is 0 Å². The van der Waals surface area contributed by atoms with Gasteiger partial charge in [-0.1, -0.05) is 30.3 Å². The van der Waals surface area contributed by atoms with E-state index in [1.54, 1.807) is 0 Å². The van der Waals surface area contributed by atoms with Crippen LogP contribution in [0.3, 0.4) is 0 Å². The fraction of sp³-hybridized carbons (Fsp3) is 0.200.